The third-order valence-corrected chi connectivity index (χ3v) is 4.08. The molecule has 0 aliphatic heterocycles. The van der Waals surface area contributed by atoms with Gasteiger partial charge >= 0.3 is 5.97 Å². The minimum atomic E-state index is -0.495. The van der Waals surface area contributed by atoms with Crippen molar-refractivity contribution >= 4 is 22.9 Å². The van der Waals surface area contributed by atoms with E-state index in [0.717, 1.165) is 16.6 Å². The van der Waals surface area contributed by atoms with Gasteiger partial charge in [-0.05, 0) is 44.5 Å². The van der Waals surface area contributed by atoms with E-state index in [-0.39, 0.29) is 12.6 Å². The summed E-state index contributed by atoms with van der Waals surface area (Å²) < 4.78 is 7.19. The third kappa shape index (κ3) is 3.42. The molecule has 0 unspecified atom stereocenters. The number of fused-ring (bicyclic) bond motifs is 1. The molecule has 0 spiro atoms. The molecule has 3 aromatic rings. The normalized spacial score (nSPS) is 11.1. The molecule has 1 amide bonds. The van der Waals surface area contributed by atoms with Crippen LogP contribution in [0.15, 0.2) is 36.5 Å². The first-order valence-electron chi connectivity index (χ1n) is 8.27. The van der Waals surface area contributed by atoms with Crippen LogP contribution in [0.1, 0.15) is 51.9 Å². The molecular weight excluding hydrogens is 332 g/mol. The van der Waals surface area contributed by atoms with E-state index >= 15 is 0 Å². The molecule has 0 radical (unpaired) electrons. The van der Waals surface area contributed by atoms with E-state index < -0.39 is 11.9 Å². The van der Waals surface area contributed by atoms with Crippen molar-refractivity contribution in [3.8, 4) is 0 Å². The number of carbonyl (C=O) groups is 2. The van der Waals surface area contributed by atoms with Crippen LogP contribution < -0.4 is 5.73 Å². The summed E-state index contributed by atoms with van der Waals surface area (Å²) in [5.41, 5.74) is 8.13. The van der Waals surface area contributed by atoms with Crippen LogP contribution >= 0.6 is 0 Å². The number of aryl methyl sites for hydroxylation is 1. The highest BCUT2D eigenvalue weighted by Gasteiger charge is 2.16. The van der Waals surface area contributed by atoms with Crippen LogP contribution in [-0.2, 0) is 11.3 Å². The summed E-state index contributed by atoms with van der Waals surface area (Å²) in [6.07, 6.45) is 1.70. The number of amides is 1. The molecule has 2 aromatic heterocycles. The van der Waals surface area contributed by atoms with E-state index in [2.05, 4.69) is 10.1 Å². The number of nitrogens with zero attached hydrogens (tertiary/aromatic N) is 3. The molecule has 1 aromatic carbocycles. The number of ether oxygens (including phenoxy) is 1. The summed E-state index contributed by atoms with van der Waals surface area (Å²) in [4.78, 5) is 28.0. The molecule has 3 rings (SSSR count). The van der Waals surface area contributed by atoms with Gasteiger partial charge in [0.1, 0.15) is 6.61 Å². The number of benzene rings is 1. The van der Waals surface area contributed by atoms with E-state index in [0.29, 0.717) is 16.8 Å². The number of rotatable bonds is 5. The van der Waals surface area contributed by atoms with E-state index in [9.17, 15) is 9.59 Å². The number of nitrogens with two attached hydrogens (primary N) is 1. The molecule has 2 N–H and O–H groups in total. The standard InChI is InChI=1S/C19H20N4O3/c1-11(2)23-18-15(9-21-23)8-16(12(3)22-18)19(25)26-10-13-4-6-14(7-5-13)17(20)24/h4-9,11H,10H2,1-3H3,(H2,20,24). The van der Waals surface area contributed by atoms with Crippen molar-refractivity contribution < 1.29 is 14.3 Å². The van der Waals surface area contributed by atoms with Gasteiger partial charge in [0.05, 0.1) is 17.5 Å². The van der Waals surface area contributed by atoms with Gasteiger partial charge in [-0.25, -0.2) is 14.5 Å². The molecule has 0 atom stereocenters. The highest BCUT2D eigenvalue weighted by atomic mass is 16.5. The summed E-state index contributed by atoms with van der Waals surface area (Å²) in [7, 11) is 0. The van der Waals surface area contributed by atoms with Gasteiger partial charge in [-0.15, -0.1) is 0 Å². The fraction of sp³-hybridized carbons (Fsp3) is 0.263. The lowest BCUT2D eigenvalue weighted by atomic mass is 10.1. The Morgan fingerprint density at radius 1 is 1.23 bits per heavy atom. The Bertz CT molecular complexity index is 974. The van der Waals surface area contributed by atoms with E-state index in [4.69, 9.17) is 10.5 Å². The Hall–Kier alpha value is -3.22. The number of pyridine rings is 1. The largest absolute Gasteiger partial charge is 0.457 e. The molecule has 0 bridgehead atoms. The Morgan fingerprint density at radius 3 is 2.54 bits per heavy atom. The molecule has 0 fully saturated rings. The molecule has 26 heavy (non-hydrogen) atoms. The second-order valence-electron chi connectivity index (χ2n) is 6.35. The average Bonchev–Trinajstić information content (AvgIpc) is 3.02. The van der Waals surface area contributed by atoms with Crippen molar-refractivity contribution in [1.29, 1.82) is 0 Å². The molecule has 0 aliphatic carbocycles. The number of esters is 1. The second-order valence-corrected chi connectivity index (χ2v) is 6.35. The highest BCUT2D eigenvalue weighted by Crippen LogP contribution is 2.20. The predicted octanol–water partition coefficient (Wildman–Crippen LogP) is 2.78. The first kappa shape index (κ1) is 17.6. The zero-order chi connectivity index (χ0) is 18.8. The summed E-state index contributed by atoms with van der Waals surface area (Å²) in [6, 6.07) is 8.54. The Labute approximate surface area is 150 Å². The van der Waals surface area contributed by atoms with Crippen LogP contribution in [0.2, 0.25) is 0 Å². The van der Waals surface area contributed by atoms with Gasteiger partial charge in [-0.2, -0.15) is 5.10 Å². The Kier molecular flexibility index (Phi) is 4.71. The third-order valence-electron chi connectivity index (χ3n) is 4.08. The van der Waals surface area contributed by atoms with Gasteiger partial charge in [-0.1, -0.05) is 12.1 Å². The van der Waals surface area contributed by atoms with Crippen molar-refractivity contribution in [2.24, 2.45) is 5.73 Å². The van der Waals surface area contributed by atoms with Gasteiger partial charge in [0.25, 0.3) is 0 Å². The highest BCUT2D eigenvalue weighted by molar-refractivity contribution is 5.94. The van der Waals surface area contributed by atoms with Crippen LogP contribution in [0.4, 0.5) is 0 Å². The fourth-order valence-corrected chi connectivity index (χ4v) is 2.64. The second kappa shape index (κ2) is 6.95. The van der Waals surface area contributed by atoms with Crippen molar-refractivity contribution in [3.63, 3.8) is 0 Å². The van der Waals surface area contributed by atoms with E-state index in [1.165, 1.54) is 0 Å². The molecule has 0 saturated carbocycles. The number of primary amides is 1. The van der Waals surface area contributed by atoms with Crippen molar-refractivity contribution in [2.75, 3.05) is 0 Å². The molecule has 0 aliphatic rings. The Morgan fingerprint density at radius 2 is 1.92 bits per heavy atom. The molecule has 7 heteroatoms. The molecule has 2 heterocycles. The minimum absolute atomic E-state index is 0.0978. The van der Waals surface area contributed by atoms with Gasteiger partial charge in [-0.3, -0.25) is 4.79 Å². The van der Waals surface area contributed by atoms with Gasteiger partial charge in [0.15, 0.2) is 5.65 Å². The molecule has 134 valence electrons. The van der Waals surface area contributed by atoms with Gasteiger partial charge in [0, 0.05) is 17.0 Å². The smallest absolute Gasteiger partial charge is 0.340 e. The van der Waals surface area contributed by atoms with Crippen molar-refractivity contribution in [1.82, 2.24) is 14.8 Å². The topological polar surface area (TPSA) is 100 Å². The van der Waals surface area contributed by atoms with Crippen LogP contribution in [0.5, 0.6) is 0 Å². The summed E-state index contributed by atoms with van der Waals surface area (Å²) in [6.45, 7) is 5.92. The number of hydrogen-bond acceptors (Lipinski definition) is 5. The zero-order valence-corrected chi connectivity index (χ0v) is 14.9. The van der Waals surface area contributed by atoms with Crippen LogP contribution in [0.25, 0.3) is 11.0 Å². The van der Waals surface area contributed by atoms with Crippen LogP contribution in [-0.4, -0.2) is 26.6 Å². The summed E-state index contributed by atoms with van der Waals surface area (Å²) in [5.74, 6) is -0.946. The maximum Gasteiger partial charge on any atom is 0.340 e. The summed E-state index contributed by atoms with van der Waals surface area (Å²) in [5, 5.41) is 5.11. The maximum absolute atomic E-state index is 12.4. The van der Waals surface area contributed by atoms with Crippen LogP contribution in [0, 0.1) is 6.92 Å². The number of carbonyl (C=O) groups excluding carboxylic acids is 2. The Balaban J connectivity index is 1.77. The lowest BCUT2D eigenvalue weighted by molar-refractivity contribution is 0.0471. The average molecular weight is 352 g/mol. The van der Waals surface area contributed by atoms with Gasteiger partial charge < -0.3 is 10.5 Å². The first-order valence-corrected chi connectivity index (χ1v) is 8.27. The van der Waals surface area contributed by atoms with E-state index in [1.807, 2.05) is 18.5 Å². The molecular formula is C19H20N4O3. The quantitative estimate of drug-likeness (QED) is 0.712. The first-order chi connectivity index (χ1) is 12.4. The number of hydrogen-bond donors (Lipinski definition) is 1. The monoisotopic (exact) mass is 352 g/mol. The lowest BCUT2D eigenvalue weighted by Gasteiger charge is -2.09. The SMILES string of the molecule is Cc1nc2c(cnn2C(C)C)cc1C(=O)OCc1ccc(C(N)=O)cc1. The maximum atomic E-state index is 12.4. The van der Waals surface area contributed by atoms with Crippen molar-refractivity contribution in [3.05, 3.63) is 58.9 Å². The number of aromatic nitrogens is 3. The molecule has 0 saturated heterocycles. The predicted molar refractivity (Wildman–Crippen MR) is 96.7 cm³/mol. The van der Waals surface area contributed by atoms with Crippen LogP contribution in [0.3, 0.4) is 0 Å². The lowest BCUT2D eigenvalue weighted by Crippen LogP contribution is -2.11. The minimum Gasteiger partial charge on any atom is -0.457 e. The van der Waals surface area contributed by atoms with E-state index in [1.54, 1.807) is 43.5 Å². The molecule has 7 nitrogen and oxygen atoms in total. The van der Waals surface area contributed by atoms with Gasteiger partial charge in [0.2, 0.25) is 5.91 Å². The summed E-state index contributed by atoms with van der Waals surface area (Å²) >= 11 is 0. The fourth-order valence-electron chi connectivity index (χ4n) is 2.64. The zero-order valence-electron chi connectivity index (χ0n) is 14.9. The van der Waals surface area contributed by atoms with Crippen molar-refractivity contribution in [2.45, 2.75) is 33.4 Å².